The number of hydrogen-bond donors (Lipinski definition) is 1. The van der Waals surface area contributed by atoms with E-state index in [1.165, 1.54) is 0 Å². The maximum Gasteiger partial charge on any atom is 0.261 e. The van der Waals surface area contributed by atoms with Crippen molar-refractivity contribution in [3.8, 4) is 5.75 Å². The van der Waals surface area contributed by atoms with E-state index in [9.17, 15) is 9.59 Å². The van der Waals surface area contributed by atoms with Crippen molar-refractivity contribution in [1.82, 2.24) is 10.2 Å². The summed E-state index contributed by atoms with van der Waals surface area (Å²) in [5, 5.41) is 3.00. The van der Waals surface area contributed by atoms with E-state index in [2.05, 4.69) is 21.2 Å². The molecule has 0 bridgehead atoms. The molecule has 0 aliphatic heterocycles. The molecule has 0 saturated carbocycles. The van der Waals surface area contributed by atoms with Gasteiger partial charge in [0.1, 0.15) is 11.8 Å². The van der Waals surface area contributed by atoms with Crippen molar-refractivity contribution in [2.45, 2.75) is 52.7 Å². The molecule has 0 aromatic heterocycles. The topological polar surface area (TPSA) is 58.6 Å². The molecule has 2 amide bonds. The third-order valence-corrected chi connectivity index (χ3v) is 6.12. The van der Waals surface area contributed by atoms with Crippen LogP contribution in [0.25, 0.3) is 0 Å². The number of halogens is 1. The van der Waals surface area contributed by atoms with Crippen LogP contribution in [-0.4, -0.2) is 35.4 Å². The first-order chi connectivity index (χ1) is 16.7. The van der Waals surface area contributed by atoms with Crippen LogP contribution < -0.4 is 10.1 Å². The highest BCUT2D eigenvalue weighted by Gasteiger charge is 2.31. The molecule has 3 aromatic carbocycles. The second kappa shape index (κ2) is 12.5. The van der Waals surface area contributed by atoms with Crippen LogP contribution in [0.5, 0.6) is 5.75 Å². The average molecular weight is 537 g/mol. The molecule has 0 unspecified atom stereocenters. The fourth-order valence-corrected chi connectivity index (χ4v) is 4.40. The molecule has 35 heavy (non-hydrogen) atoms. The first-order valence-electron chi connectivity index (χ1n) is 11.8. The molecular formula is C29H33BrN2O3. The molecule has 0 heterocycles. The Bertz CT molecular complexity index is 1150. The Morgan fingerprint density at radius 1 is 0.943 bits per heavy atom. The lowest BCUT2D eigenvalue weighted by atomic mass is 10.0. The highest BCUT2D eigenvalue weighted by molar-refractivity contribution is 9.10. The van der Waals surface area contributed by atoms with Crippen molar-refractivity contribution < 1.29 is 14.3 Å². The van der Waals surface area contributed by atoms with Gasteiger partial charge in [0.25, 0.3) is 5.91 Å². The van der Waals surface area contributed by atoms with E-state index < -0.39 is 6.04 Å². The summed E-state index contributed by atoms with van der Waals surface area (Å²) in [6.07, 6.45) is 0.405. The Morgan fingerprint density at radius 2 is 1.66 bits per heavy atom. The molecule has 3 aromatic rings. The normalized spacial score (nSPS) is 11.7. The van der Waals surface area contributed by atoms with Crippen molar-refractivity contribution >= 4 is 27.7 Å². The molecule has 0 aliphatic carbocycles. The minimum absolute atomic E-state index is 0.0462. The third kappa shape index (κ3) is 7.96. The molecule has 0 radical (unpaired) electrons. The Balaban J connectivity index is 1.92. The van der Waals surface area contributed by atoms with Gasteiger partial charge in [0.2, 0.25) is 5.91 Å². The Labute approximate surface area is 216 Å². The van der Waals surface area contributed by atoms with E-state index >= 15 is 0 Å². The molecule has 0 aliphatic rings. The van der Waals surface area contributed by atoms with E-state index in [-0.39, 0.29) is 31.0 Å². The fraction of sp³-hybridized carbons (Fsp3) is 0.310. The van der Waals surface area contributed by atoms with Gasteiger partial charge in [-0.15, -0.1) is 0 Å². The maximum absolute atomic E-state index is 13.6. The van der Waals surface area contributed by atoms with E-state index in [1.807, 2.05) is 100 Å². The molecule has 3 rings (SSSR count). The molecule has 0 saturated heterocycles. The highest BCUT2D eigenvalue weighted by atomic mass is 79.9. The summed E-state index contributed by atoms with van der Waals surface area (Å²) in [6, 6.07) is 22.7. The Morgan fingerprint density at radius 3 is 2.31 bits per heavy atom. The summed E-state index contributed by atoms with van der Waals surface area (Å²) >= 11 is 3.51. The number of rotatable bonds is 10. The zero-order valence-electron chi connectivity index (χ0n) is 20.8. The van der Waals surface area contributed by atoms with Crippen LogP contribution in [0.15, 0.2) is 77.3 Å². The zero-order valence-corrected chi connectivity index (χ0v) is 22.3. The summed E-state index contributed by atoms with van der Waals surface area (Å²) in [5.74, 6) is 0.237. The molecule has 184 valence electrons. The highest BCUT2D eigenvalue weighted by Crippen LogP contribution is 2.21. The summed E-state index contributed by atoms with van der Waals surface area (Å²) in [5.41, 5.74) is 4.01. The van der Waals surface area contributed by atoms with Gasteiger partial charge in [0.15, 0.2) is 6.61 Å². The number of ether oxygens (including phenoxy) is 1. The maximum atomic E-state index is 13.6. The molecule has 0 spiro atoms. The fourth-order valence-electron chi connectivity index (χ4n) is 3.95. The van der Waals surface area contributed by atoms with Gasteiger partial charge in [-0.2, -0.15) is 0 Å². The second-order valence-electron chi connectivity index (χ2n) is 9.08. The van der Waals surface area contributed by atoms with Crippen LogP contribution in [0.2, 0.25) is 0 Å². The second-order valence-corrected chi connectivity index (χ2v) is 9.99. The predicted octanol–water partition coefficient (Wildman–Crippen LogP) is 5.61. The Hall–Kier alpha value is -3.12. The number of nitrogens with zero attached hydrogens (tertiary/aromatic N) is 1. The number of carbonyl (C=O) groups excluding carboxylic acids is 2. The third-order valence-electron chi connectivity index (χ3n) is 5.63. The van der Waals surface area contributed by atoms with E-state index in [4.69, 9.17) is 4.74 Å². The number of benzene rings is 3. The van der Waals surface area contributed by atoms with Gasteiger partial charge in [0, 0.05) is 23.5 Å². The van der Waals surface area contributed by atoms with Gasteiger partial charge in [-0.1, -0.05) is 76.1 Å². The largest absolute Gasteiger partial charge is 0.483 e. The summed E-state index contributed by atoms with van der Waals surface area (Å²) in [6.45, 7) is 7.95. The molecule has 6 heteroatoms. The number of hydrogen-bond acceptors (Lipinski definition) is 3. The van der Waals surface area contributed by atoms with Crippen molar-refractivity contribution in [2.24, 2.45) is 0 Å². The van der Waals surface area contributed by atoms with Gasteiger partial charge < -0.3 is 15.0 Å². The average Bonchev–Trinajstić information content (AvgIpc) is 2.81. The van der Waals surface area contributed by atoms with Gasteiger partial charge in [0.05, 0.1) is 0 Å². The Kier molecular flexibility index (Phi) is 9.49. The van der Waals surface area contributed by atoms with Crippen LogP contribution in [0, 0.1) is 13.8 Å². The molecule has 0 fully saturated rings. The van der Waals surface area contributed by atoms with E-state index in [0.717, 1.165) is 26.7 Å². The first-order valence-corrected chi connectivity index (χ1v) is 12.6. The lowest BCUT2D eigenvalue weighted by molar-refractivity contribution is -0.143. The minimum atomic E-state index is -0.686. The lowest BCUT2D eigenvalue weighted by Crippen LogP contribution is -2.52. The number of amides is 2. The van der Waals surface area contributed by atoms with Crippen molar-refractivity contribution in [1.29, 1.82) is 0 Å². The molecular weight excluding hydrogens is 504 g/mol. The van der Waals surface area contributed by atoms with Gasteiger partial charge >= 0.3 is 0 Å². The molecule has 1 N–H and O–H groups in total. The number of aryl methyl sites for hydroxylation is 2. The predicted molar refractivity (Wildman–Crippen MR) is 143 cm³/mol. The lowest BCUT2D eigenvalue weighted by Gasteiger charge is -2.32. The van der Waals surface area contributed by atoms with Crippen LogP contribution in [0.4, 0.5) is 0 Å². The van der Waals surface area contributed by atoms with Gasteiger partial charge in [-0.3, -0.25) is 9.59 Å². The van der Waals surface area contributed by atoms with Crippen LogP contribution >= 0.6 is 15.9 Å². The standard InChI is InChI=1S/C29H33BrN2O3/c1-20(2)31-29(34)26(17-23-9-6-5-7-10-23)32(18-24-11-8-12-25(30)16-24)28(33)19-35-27-14-13-21(3)15-22(27)4/h5-16,20,26H,17-19H2,1-4H3,(H,31,34)/t26-/m1/s1. The quantitative estimate of drug-likeness (QED) is 0.366. The minimum Gasteiger partial charge on any atom is -0.483 e. The van der Waals surface area contributed by atoms with Crippen molar-refractivity contribution in [2.75, 3.05) is 6.61 Å². The van der Waals surface area contributed by atoms with Crippen molar-refractivity contribution in [3.63, 3.8) is 0 Å². The monoisotopic (exact) mass is 536 g/mol. The van der Waals surface area contributed by atoms with E-state index in [0.29, 0.717) is 12.2 Å². The zero-order chi connectivity index (χ0) is 25.4. The smallest absolute Gasteiger partial charge is 0.261 e. The summed E-state index contributed by atoms with van der Waals surface area (Å²) < 4.78 is 6.84. The molecule has 5 nitrogen and oxygen atoms in total. The van der Waals surface area contributed by atoms with E-state index in [1.54, 1.807) is 4.90 Å². The SMILES string of the molecule is Cc1ccc(OCC(=O)N(Cc2cccc(Br)c2)[C@H](Cc2ccccc2)C(=O)NC(C)C)c(C)c1. The van der Waals surface area contributed by atoms with Gasteiger partial charge in [-0.25, -0.2) is 0 Å². The van der Waals surface area contributed by atoms with Crippen LogP contribution in [0.3, 0.4) is 0 Å². The van der Waals surface area contributed by atoms with Crippen molar-refractivity contribution in [3.05, 3.63) is 99.5 Å². The number of nitrogens with one attached hydrogen (secondary N) is 1. The van der Waals surface area contributed by atoms with Crippen LogP contribution in [0.1, 0.15) is 36.1 Å². The number of carbonyl (C=O) groups is 2. The van der Waals surface area contributed by atoms with Gasteiger partial charge in [-0.05, 0) is 62.6 Å². The summed E-state index contributed by atoms with van der Waals surface area (Å²) in [7, 11) is 0. The molecule has 1 atom stereocenters. The van der Waals surface area contributed by atoms with Crippen LogP contribution in [-0.2, 0) is 22.6 Å². The first kappa shape index (κ1) is 26.5. The summed E-state index contributed by atoms with van der Waals surface area (Å²) in [4.78, 5) is 28.6.